The number of nitrogens with zero attached hydrogens (tertiary/aromatic N) is 1. The molecule has 0 N–H and O–H groups in total. The maximum absolute atomic E-state index is 13.7. The molecule has 0 bridgehead atoms. The number of aldehydes is 1. The van der Waals surface area contributed by atoms with Crippen LogP contribution in [-0.4, -0.2) is 24.8 Å². The molecule has 110 valence electrons. The van der Waals surface area contributed by atoms with Crippen LogP contribution in [0.2, 0.25) is 0 Å². The van der Waals surface area contributed by atoms with Crippen molar-refractivity contribution in [1.82, 2.24) is 4.90 Å². The molecule has 3 heteroatoms. The van der Waals surface area contributed by atoms with Crippen LogP contribution in [0.5, 0.6) is 0 Å². The molecule has 0 spiro atoms. The van der Waals surface area contributed by atoms with Gasteiger partial charge in [0.25, 0.3) is 0 Å². The Labute approximate surface area is 121 Å². The summed E-state index contributed by atoms with van der Waals surface area (Å²) < 4.78 is 13.7. The zero-order valence-corrected chi connectivity index (χ0v) is 12.4. The first-order chi connectivity index (χ1) is 9.54. The van der Waals surface area contributed by atoms with E-state index in [1.165, 1.54) is 12.5 Å². The van der Waals surface area contributed by atoms with Crippen LogP contribution in [0.25, 0.3) is 0 Å². The predicted octanol–water partition coefficient (Wildman–Crippen LogP) is 3.65. The average molecular weight is 277 g/mol. The zero-order chi connectivity index (χ0) is 14.6. The standard InChI is InChI=1S/C17H24FNO/c1-14-6-5-9-17(10-14,13-20)12-19(2)11-15-7-3-4-8-16(15)18/h3-4,7-8,13-14H,5-6,9-12H2,1-2H3. The Hall–Kier alpha value is -1.22. The molecule has 2 unspecified atom stereocenters. The molecule has 1 aromatic carbocycles. The van der Waals surface area contributed by atoms with E-state index in [0.717, 1.165) is 32.1 Å². The fourth-order valence-corrected chi connectivity index (χ4v) is 3.50. The van der Waals surface area contributed by atoms with Crippen LogP contribution in [0, 0.1) is 17.2 Å². The van der Waals surface area contributed by atoms with Crippen LogP contribution in [0.3, 0.4) is 0 Å². The molecule has 0 aromatic heterocycles. The second-order valence-electron chi connectivity index (χ2n) is 6.45. The van der Waals surface area contributed by atoms with Crippen LogP contribution >= 0.6 is 0 Å². The minimum Gasteiger partial charge on any atom is -0.303 e. The Morgan fingerprint density at radius 2 is 2.20 bits per heavy atom. The SMILES string of the molecule is CC1CCCC(C=O)(CN(C)Cc2ccccc2F)C1. The van der Waals surface area contributed by atoms with Gasteiger partial charge in [-0.25, -0.2) is 4.39 Å². The number of carbonyl (C=O) groups excluding carboxylic acids is 1. The largest absolute Gasteiger partial charge is 0.303 e. The Balaban J connectivity index is 2.01. The first-order valence-electron chi connectivity index (χ1n) is 7.43. The molecule has 0 aliphatic heterocycles. The summed E-state index contributed by atoms with van der Waals surface area (Å²) in [6, 6.07) is 6.85. The van der Waals surface area contributed by atoms with Crippen molar-refractivity contribution in [3.63, 3.8) is 0 Å². The van der Waals surface area contributed by atoms with Crippen LogP contribution < -0.4 is 0 Å². The Bertz CT molecular complexity index is 462. The Kier molecular flexibility index (Phi) is 4.92. The van der Waals surface area contributed by atoms with E-state index in [9.17, 15) is 9.18 Å². The summed E-state index contributed by atoms with van der Waals surface area (Å²) in [6.07, 6.45) is 5.39. The molecule has 1 aromatic rings. The predicted molar refractivity (Wildman–Crippen MR) is 78.9 cm³/mol. The van der Waals surface area contributed by atoms with Crippen LogP contribution in [0.1, 0.15) is 38.2 Å². The number of halogens is 1. The highest BCUT2D eigenvalue weighted by Gasteiger charge is 2.35. The van der Waals surface area contributed by atoms with E-state index in [2.05, 4.69) is 11.8 Å². The summed E-state index contributed by atoms with van der Waals surface area (Å²) in [5, 5.41) is 0. The zero-order valence-electron chi connectivity index (χ0n) is 12.4. The van der Waals surface area contributed by atoms with E-state index in [0.29, 0.717) is 18.0 Å². The van der Waals surface area contributed by atoms with Gasteiger partial charge in [-0.3, -0.25) is 0 Å². The molecule has 2 nitrogen and oxygen atoms in total. The summed E-state index contributed by atoms with van der Waals surface area (Å²) >= 11 is 0. The van der Waals surface area contributed by atoms with E-state index < -0.39 is 0 Å². The molecule has 2 rings (SSSR count). The molecule has 1 aliphatic rings. The van der Waals surface area contributed by atoms with Gasteiger partial charge in [-0.2, -0.15) is 0 Å². The normalized spacial score (nSPS) is 26.7. The van der Waals surface area contributed by atoms with Gasteiger partial charge >= 0.3 is 0 Å². The van der Waals surface area contributed by atoms with E-state index in [1.807, 2.05) is 19.2 Å². The van der Waals surface area contributed by atoms with Crippen LogP contribution in [0.4, 0.5) is 4.39 Å². The average Bonchev–Trinajstić information content (AvgIpc) is 2.41. The number of rotatable bonds is 5. The molecule has 1 saturated carbocycles. The van der Waals surface area contributed by atoms with Gasteiger partial charge in [-0.05, 0) is 31.9 Å². The highest BCUT2D eigenvalue weighted by Crippen LogP contribution is 2.38. The lowest BCUT2D eigenvalue weighted by atomic mass is 9.70. The number of hydrogen-bond acceptors (Lipinski definition) is 2. The second-order valence-corrected chi connectivity index (χ2v) is 6.45. The fourth-order valence-electron chi connectivity index (χ4n) is 3.50. The Morgan fingerprint density at radius 1 is 1.45 bits per heavy atom. The van der Waals surface area contributed by atoms with Crippen molar-refractivity contribution in [2.75, 3.05) is 13.6 Å². The third-order valence-corrected chi connectivity index (χ3v) is 4.36. The quantitative estimate of drug-likeness (QED) is 0.766. The number of carbonyl (C=O) groups is 1. The molecular weight excluding hydrogens is 253 g/mol. The smallest absolute Gasteiger partial charge is 0.127 e. The maximum Gasteiger partial charge on any atom is 0.127 e. The first kappa shape index (κ1) is 15.2. The van der Waals surface area contributed by atoms with Crippen molar-refractivity contribution < 1.29 is 9.18 Å². The second kappa shape index (κ2) is 6.49. The summed E-state index contributed by atoms with van der Waals surface area (Å²) in [5.74, 6) is 0.437. The number of hydrogen-bond donors (Lipinski definition) is 0. The third-order valence-electron chi connectivity index (χ3n) is 4.36. The van der Waals surface area contributed by atoms with Crippen molar-refractivity contribution >= 4 is 6.29 Å². The highest BCUT2D eigenvalue weighted by atomic mass is 19.1. The lowest BCUT2D eigenvalue weighted by molar-refractivity contribution is -0.119. The Morgan fingerprint density at radius 3 is 2.85 bits per heavy atom. The van der Waals surface area contributed by atoms with Gasteiger partial charge in [0.2, 0.25) is 0 Å². The minimum atomic E-state index is -0.238. The molecule has 0 heterocycles. The van der Waals surface area contributed by atoms with E-state index in [4.69, 9.17) is 0 Å². The lowest BCUT2D eigenvalue weighted by Crippen LogP contribution is -2.40. The summed E-state index contributed by atoms with van der Waals surface area (Å²) in [4.78, 5) is 13.7. The lowest BCUT2D eigenvalue weighted by Gasteiger charge is -2.38. The van der Waals surface area contributed by atoms with E-state index >= 15 is 0 Å². The maximum atomic E-state index is 13.7. The van der Waals surface area contributed by atoms with Crippen molar-refractivity contribution in [3.05, 3.63) is 35.6 Å². The highest BCUT2D eigenvalue weighted by molar-refractivity contribution is 5.60. The van der Waals surface area contributed by atoms with Gasteiger partial charge in [-0.1, -0.05) is 38.0 Å². The van der Waals surface area contributed by atoms with E-state index in [1.54, 1.807) is 6.07 Å². The molecule has 0 radical (unpaired) electrons. The fraction of sp³-hybridized carbons (Fsp3) is 0.588. The van der Waals surface area contributed by atoms with Crippen molar-refractivity contribution in [2.45, 2.75) is 39.2 Å². The summed E-state index contributed by atoms with van der Waals surface area (Å²) in [7, 11) is 1.97. The van der Waals surface area contributed by atoms with Crippen molar-refractivity contribution in [1.29, 1.82) is 0 Å². The minimum absolute atomic E-state index is 0.170. The molecular formula is C17H24FNO. The molecule has 2 atom stereocenters. The van der Waals surface area contributed by atoms with Gasteiger partial charge in [0.15, 0.2) is 0 Å². The monoisotopic (exact) mass is 277 g/mol. The molecule has 0 saturated heterocycles. The van der Waals surface area contributed by atoms with Crippen LogP contribution in [0.15, 0.2) is 24.3 Å². The van der Waals surface area contributed by atoms with Gasteiger partial charge in [0, 0.05) is 24.1 Å². The van der Waals surface area contributed by atoms with E-state index in [-0.39, 0.29) is 11.2 Å². The van der Waals surface area contributed by atoms with Gasteiger partial charge in [-0.15, -0.1) is 0 Å². The molecule has 1 aliphatic carbocycles. The summed E-state index contributed by atoms with van der Waals surface area (Å²) in [6.45, 7) is 3.49. The molecule has 20 heavy (non-hydrogen) atoms. The molecule has 1 fully saturated rings. The van der Waals surface area contributed by atoms with Gasteiger partial charge in [0.1, 0.15) is 12.1 Å². The van der Waals surface area contributed by atoms with Crippen molar-refractivity contribution in [2.24, 2.45) is 11.3 Å². The van der Waals surface area contributed by atoms with Gasteiger partial charge in [0.05, 0.1) is 0 Å². The van der Waals surface area contributed by atoms with Crippen molar-refractivity contribution in [3.8, 4) is 0 Å². The van der Waals surface area contributed by atoms with Crippen LogP contribution in [-0.2, 0) is 11.3 Å². The first-order valence-corrected chi connectivity index (χ1v) is 7.43. The third kappa shape index (κ3) is 3.66. The molecule has 0 amide bonds. The number of benzene rings is 1. The summed E-state index contributed by atoms with van der Waals surface area (Å²) in [5.41, 5.74) is 0.456. The topological polar surface area (TPSA) is 20.3 Å². The van der Waals surface area contributed by atoms with Gasteiger partial charge < -0.3 is 9.69 Å².